The van der Waals surface area contributed by atoms with Crippen LogP contribution in [0.15, 0.2) is 24.3 Å². The Bertz CT molecular complexity index is 567. The Labute approximate surface area is 151 Å². The van der Waals surface area contributed by atoms with Gasteiger partial charge in [-0.3, -0.25) is 0 Å². The van der Waals surface area contributed by atoms with Gasteiger partial charge in [0.15, 0.2) is 0 Å². The van der Waals surface area contributed by atoms with Gasteiger partial charge in [-0.15, -0.1) is 0 Å². The number of nitrogens with zero attached hydrogens (tertiary/aromatic N) is 1. The van der Waals surface area contributed by atoms with Gasteiger partial charge in [0.05, 0.1) is 45.0 Å². The summed E-state index contributed by atoms with van der Waals surface area (Å²) >= 11 is 0. The Kier molecular flexibility index (Phi) is 6.00. The molecule has 3 atom stereocenters. The van der Waals surface area contributed by atoms with Crippen LogP contribution in [0, 0.1) is 5.92 Å². The summed E-state index contributed by atoms with van der Waals surface area (Å²) in [4.78, 5) is 12.2. The second kappa shape index (κ2) is 8.22. The number of quaternary nitrogens is 1. The van der Waals surface area contributed by atoms with Gasteiger partial charge in [0.2, 0.25) is 0 Å². The van der Waals surface area contributed by atoms with Gasteiger partial charge in [-0.05, 0) is 69.7 Å². The molecule has 3 rings (SSSR count). The maximum absolute atomic E-state index is 12.2. The molecule has 138 valence electrons. The fourth-order valence-electron chi connectivity index (χ4n) is 4.81. The number of hydrogen-bond acceptors (Lipinski definition) is 3. The van der Waals surface area contributed by atoms with Gasteiger partial charge in [-0.2, -0.15) is 0 Å². The van der Waals surface area contributed by atoms with Crippen molar-refractivity contribution < 1.29 is 18.8 Å². The second-order valence-electron chi connectivity index (χ2n) is 7.77. The third-order valence-electron chi connectivity index (χ3n) is 6.13. The lowest BCUT2D eigenvalue weighted by atomic mass is 9.80. The van der Waals surface area contributed by atoms with Gasteiger partial charge >= 0.3 is 5.97 Å². The Morgan fingerprint density at radius 2 is 1.88 bits per heavy atom. The van der Waals surface area contributed by atoms with Crippen molar-refractivity contribution in [3.05, 3.63) is 29.8 Å². The van der Waals surface area contributed by atoms with E-state index in [0.29, 0.717) is 24.7 Å². The Balaban J connectivity index is 1.49. The predicted molar refractivity (Wildman–Crippen MR) is 98.8 cm³/mol. The zero-order chi connectivity index (χ0) is 17.7. The number of piperidine rings is 2. The molecule has 0 spiro atoms. The number of ether oxygens (including phenoxy) is 2. The molecule has 0 aliphatic carbocycles. The smallest absolute Gasteiger partial charge is 0.338 e. The van der Waals surface area contributed by atoms with E-state index in [1.165, 1.54) is 49.7 Å². The number of hydrogen-bond donors (Lipinski definition) is 0. The first-order valence-corrected chi connectivity index (χ1v) is 9.86. The third-order valence-corrected chi connectivity index (χ3v) is 6.13. The van der Waals surface area contributed by atoms with Gasteiger partial charge < -0.3 is 14.0 Å². The van der Waals surface area contributed by atoms with Crippen LogP contribution in [-0.2, 0) is 4.74 Å². The minimum absolute atomic E-state index is 0.222. The van der Waals surface area contributed by atoms with Crippen LogP contribution in [0.4, 0.5) is 0 Å². The van der Waals surface area contributed by atoms with E-state index in [-0.39, 0.29) is 5.97 Å². The van der Waals surface area contributed by atoms with Crippen LogP contribution in [0.1, 0.15) is 55.8 Å². The molecule has 2 saturated heterocycles. The number of carbonyl (C=O) groups is 1. The van der Waals surface area contributed by atoms with Gasteiger partial charge in [0.25, 0.3) is 0 Å². The van der Waals surface area contributed by atoms with Crippen molar-refractivity contribution in [2.45, 2.75) is 51.5 Å². The molecule has 0 saturated carbocycles. The lowest BCUT2D eigenvalue weighted by Crippen LogP contribution is -2.60. The first-order valence-electron chi connectivity index (χ1n) is 9.86. The van der Waals surface area contributed by atoms with Crippen molar-refractivity contribution in [1.29, 1.82) is 0 Å². The normalized spacial score (nSPS) is 28.9. The quantitative estimate of drug-likeness (QED) is 0.576. The SMILES string of the molecule is CCOc1ccc(C(=O)OCC[C@H]2CCC[N@@+]3(C)CCCC[C@H]23)cc1. The van der Waals surface area contributed by atoms with E-state index in [1.54, 1.807) is 12.1 Å². The summed E-state index contributed by atoms with van der Waals surface area (Å²) in [7, 11) is 2.43. The molecule has 4 heteroatoms. The number of rotatable bonds is 6. The Morgan fingerprint density at radius 1 is 1.12 bits per heavy atom. The van der Waals surface area contributed by atoms with E-state index in [9.17, 15) is 4.79 Å². The summed E-state index contributed by atoms with van der Waals surface area (Å²) in [5.41, 5.74) is 0.602. The molecule has 2 heterocycles. The highest BCUT2D eigenvalue weighted by Gasteiger charge is 2.43. The Hall–Kier alpha value is -1.55. The molecule has 1 aromatic carbocycles. The molecule has 2 aliphatic heterocycles. The zero-order valence-corrected chi connectivity index (χ0v) is 15.7. The summed E-state index contributed by atoms with van der Waals surface area (Å²) in [6.07, 6.45) is 7.67. The molecule has 0 unspecified atom stereocenters. The second-order valence-corrected chi connectivity index (χ2v) is 7.77. The van der Waals surface area contributed by atoms with E-state index in [2.05, 4.69) is 7.05 Å². The highest BCUT2D eigenvalue weighted by Crippen LogP contribution is 2.37. The number of benzene rings is 1. The first-order chi connectivity index (χ1) is 12.1. The summed E-state index contributed by atoms with van der Waals surface area (Å²) in [6, 6.07) is 7.98. The summed E-state index contributed by atoms with van der Waals surface area (Å²) in [6.45, 7) is 5.76. The topological polar surface area (TPSA) is 35.5 Å². The molecular weight excluding hydrogens is 314 g/mol. The molecule has 4 nitrogen and oxygen atoms in total. The van der Waals surface area contributed by atoms with E-state index in [4.69, 9.17) is 9.47 Å². The molecule has 1 aromatic rings. The average Bonchev–Trinajstić information content (AvgIpc) is 2.62. The number of carbonyl (C=O) groups excluding carboxylic acids is 1. The number of esters is 1. The van der Waals surface area contributed by atoms with Crippen molar-refractivity contribution in [2.75, 3.05) is 33.4 Å². The molecule has 0 amide bonds. The van der Waals surface area contributed by atoms with Crippen molar-refractivity contribution in [1.82, 2.24) is 0 Å². The van der Waals surface area contributed by atoms with E-state index < -0.39 is 0 Å². The van der Waals surface area contributed by atoms with Gasteiger partial charge in [0, 0.05) is 5.92 Å². The predicted octanol–water partition coefficient (Wildman–Crippen LogP) is 4.04. The molecule has 0 N–H and O–H groups in total. The van der Waals surface area contributed by atoms with Crippen LogP contribution in [0.25, 0.3) is 0 Å². The van der Waals surface area contributed by atoms with E-state index in [1.807, 2.05) is 19.1 Å². The highest BCUT2D eigenvalue weighted by molar-refractivity contribution is 5.89. The van der Waals surface area contributed by atoms with Crippen molar-refractivity contribution >= 4 is 5.97 Å². The molecule has 0 radical (unpaired) electrons. The van der Waals surface area contributed by atoms with Gasteiger partial charge in [-0.25, -0.2) is 4.79 Å². The standard InChI is InChI=1S/C21H32NO3/c1-3-24-19-11-9-18(10-12-19)21(23)25-16-13-17-7-6-15-22(2)14-5-4-8-20(17)22/h9-12,17,20H,3-8,13-16H2,1-2H3/q+1/t17-,20-,22-/m1/s1. The minimum Gasteiger partial charge on any atom is -0.494 e. The Morgan fingerprint density at radius 3 is 2.64 bits per heavy atom. The van der Waals surface area contributed by atoms with Crippen LogP contribution < -0.4 is 4.74 Å². The van der Waals surface area contributed by atoms with Gasteiger partial charge in [0.1, 0.15) is 5.75 Å². The van der Waals surface area contributed by atoms with Crippen LogP contribution in [0.2, 0.25) is 0 Å². The zero-order valence-electron chi connectivity index (χ0n) is 15.7. The van der Waals surface area contributed by atoms with Gasteiger partial charge in [-0.1, -0.05) is 0 Å². The number of fused-ring (bicyclic) bond motifs is 1. The van der Waals surface area contributed by atoms with Crippen LogP contribution >= 0.6 is 0 Å². The largest absolute Gasteiger partial charge is 0.494 e. The van der Waals surface area contributed by atoms with Crippen LogP contribution in [-0.4, -0.2) is 49.8 Å². The summed E-state index contributed by atoms with van der Waals surface area (Å²) < 4.78 is 12.2. The van der Waals surface area contributed by atoms with Crippen molar-refractivity contribution in [2.24, 2.45) is 5.92 Å². The molecule has 25 heavy (non-hydrogen) atoms. The van der Waals surface area contributed by atoms with Crippen molar-refractivity contribution in [3.63, 3.8) is 0 Å². The third kappa shape index (κ3) is 4.35. The fraction of sp³-hybridized carbons (Fsp3) is 0.667. The molecule has 0 aromatic heterocycles. The van der Waals surface area contributed by atoms with Crippen LogP contribution in [0.3, 0.4) is 0 Å². The molecule has 0 bridgehead atoms. The molecule has 2 fully saturated rings. The van der Waals surface area contributed by atoms with Crippen LogP contribution in [0.5, 0.6) is 5.75 Å². The average molecular weight is 346 g/mol. The monoisotopic (exact) mass is 346 g/mol. The van der Waals surface area contributed by atoms with Crippen molar-refractivity contribution in [3.8, 4) is 5.75 Å². The minimum atomic E-state index is -0.222. The lowest BCUT2D eigenvalue weighted by Gasteiger charge is -2.51. The highest BCUT2D eigenvalue weighted by atomic mass is 16.5. The summed E-state index contributed by atoms with van der Waals surface area (Å²) in [5, 5.41) is 0. The summed E-state index contributed by atoms with van der Waals surface area (Å²) in [5.74, 6) is 1.27. The lowest BCUT2D eigenvalue weighted by molar-refractivity contribution is -0.947. The van der Waals surface area contributed by atoms with E-state index in [0.717, 1.165) is 18.2 Å². The molecular formula is C21H32NO3+. The maximum atomic E-state index is 12.2. The fourth-order valence-corrected chi connectivity index (χ4v) is 4.81. The van der Waals surface area contributed by atoms with E-state index >= 15 is 0 Å². The molecule has 2 aliphatic rings. The maximum Gasteiger partial charge on any atom is 0.338 e. The first kappa shape index (κ1) is 18.2.